The molecule has 0 spiro atoms. The normalized spacial score (nSPS) is 11.5. The standard InChI is InChI=1S/C20H20N4O4/c1-13(2)10-11-23-17-9-4-3-8-16(17)18(20(23)26)21-22-19(25)14-6-5-7-15(12-14)24(27)28/h3-9,12-13,26H,10-11H2,1-2H3. The zero-order chi connectivity index (χ0) is 20.3. The van der Waals surface area contributed by atoms with Gasteiger partial charge >= 0.3 is 0 Å². The molecule has 1 N–H and O–H groups in total. The van der Waals surface area contributed by atoms with E-state index in [0.717, 1.165) is 18.0 Å². The van der Waals surface area contributed by atoms with Crippen LogP contribution in [-0.4, -0.2) is 20.5 Å². The summed E-state index contributed by atoms with van der Waals surface area (Å²) in [6.45, 7) is 4.81. The Morgan fingerprint density at radius 1 is 1.21 bits per heavy atom. The van der Waals surface area contributed by atoms with E-state index < -0.39 is 10.8 Å². The van der Waals surface area contributed by atoms with Crippen molar-refractivity contribution in [2.75, 3.05) is 0 Å². The molecule has 0 atom stereocenters. The lowest BCUT2D eigenvalue weighted by atomic mass is 10.1. The highest BCUT2D eigenvalue weighted by molar-refractivity contribution is 5.97. The number of carbonyl (C=O) groups is 1. The third-order valence-corrected chi connectivity index (χ3v) is 4.39. The maximum atomic E-state index is 12.3. The summed E-state index contributed by atoms with van der Waals surface area (Å²) in [5.41, 5.74) is 0.866. The number of rotatable bonds is 6. The number of nitro groups is 1. The first kappa shape index (κ1) is 19.2. The first-order valence-electron chi connectivity index (χ1n) is 8.89. The summed E-state index contributed by atoms with van der Waals surface area (Å²) < 4.78 is 1.75. The number of fused-ring (bicyclic) bond motifs is 1. The highest BCUT2D eigenvalue weighted by Gasteiger charge is 2.17. The average Bonchev–Trinajstić information content (AvgIpc) is 2.95. The van der Waals surface area contributed by atoms with Crippen LogP contribution >= 0.6 is 0 Å². The van der Waals surface area contributed by atoms with Gasteiger partial charge in [0.25, 0.3) is 11.6 Å². The van der Waals surface area contributed by atoms with E-state index in [-0.39, 0.29) is 22.8 Å². The highest BCUT2D eigenvalue weighted by Crippen LogP contribution is 2.39. The van der Waals surface area contributed by atoms with Crippen LogP contribution in [-0.2, 0) is 6.54 Å². The van der Waals surface area contributed by atoms with Crippen LogP contribution in [0.2, 0.25) is 0 Å². The van der Waals surface area contributed by atoms with Crippen molar-refractivity contribution in [1.29, 1.82) is 0 Å². The van der Waals surface area contributed by atoms with Crippen molar-refractivity contribution in [1.82, 2.24) is 4.57 Å². The number of aryl methyl sites for hydroxylation is 1. The molecular formula is C20H20N4O4. The molecule has 8 nitrogen and oxygen atoms in total. The molecule has 0 fully saturated rings. The summed E-state index contributed by atoms with van der Waals surface area (Å²) in [6, 6.07) is 12.6. The SMILES string of the molecule is CC(C)CCn1c(O)c(N=NC(=O)c2cccc([N+](=O)[O-])c2)c2ccccc21. The van der Waals surface area contributed by atoms with Crippen LogP contribution in [0.15, 0.2) is 58.8 Å². The fourth-order valence-electron chi connectivity index (χ4n) is 2.89. The van der Waals surface area contributed by atoms with E-state index in [1.165, 1.54) is 18.2 Å². The number of aromatic hydroxyl groups is 1. The van der Waals surface area contributed by atoms with Crippen LogP contribution in [0.4, 0.5) is 11.4 Å². The van der Waals surface area contributed by atoms with Gasteiger partial charge in [0.1, 0.15) is 0 Å². The van der Waals surface area contributed by atoms with Gasteiger partial charge in [-0.1, -0.05) is 38.1 Å². The second kappa shape index (κ2) is 7.99. The summed E-state index contributed by atoms with van der Waals surface area (Å²) in [5.74, 6) is -0.319. The molecule has 0 saturated heterocycles. The van der Waals surface area contributed by atoms with Crippen LogP contribution in [0.25, 0.3) is 10.9 Å². The van der Waals surface area contributed by atoms with Crippen molar-refractivity contribution in [3.8, 4) is 5.88 Å². The maximum absolute atomic E-state index is 12.3. The molecule has 0 bridgehead atoms. The van der Waals surface area contributed by atoms with Gasteiger partial charge in [0, 0.05) is 24.1 Å². The van der Waals surface area contributed by atoms with Gasteiger partial charge in [-0.2, -0.15) is 0 Å². The van der Waals surface area contributed by atoms with E-state index in [0.29, 0.717) is 17.8 Å². The van der Waals surface area contributed by atoms with Crippen molar-refractivity contribution >= 4 is 28.2 Å². The molecule has 3 rings (SSSR count). The predicted octanol–water partition coefficient (Wildman–Crippen LogP) is 5.23. The lowest BCUT2D eigenvalue weighted by molar-refractivity contribution is -0.384. The van der Waals surface area contributed by atoms with Crippen molar-refractivity contribution in [2.45, 2.75) is 26.8 Å². The lowest BCUT2D eigenvalue weighted by Gasteiger charge is -2.08. The van der Waals surface area contributed by atoms with E-state index in [4.69, 9.17) is 0 Å². The molecule has 1 heterocycles. The number of azo groups is 1. The smallest absolute Gasteiger partial charge is 0.295 e. The Hall–Kier alpha value is -3.55. The van der Waals surface area contributed by atoms with Crippen molar-refractivity contribution in [2.24, 2.45) is 16.1 Å². The summed E-state index contributed by atoms with van der Waals surface area (Å²) in [6.07, 6.45) is 0.870. The summed E-state index contributed by atoms with van der Waals surface area (Å²) in [5, 5.41) is 29.8. The first-order chi connectivity index (χ1) is 13.4. The largest absolute Gasteiger partial charge is 0.493 e. The molecule has 28 heavy (non-hydrogen) atoms. The molecule has 0 radical (unpaired) electrons. The molecule has 0 saturated carbocycles. The number of nitrogens with zero attached hydrogens (tertiary/aromatic N) is 4. The van der Waals surface area contributed by atoms with Gasteiger partial charge in [-0.15, -0.1) is 10.2 Å². The molecule has 0 unspecified atom stereocenters. The monoisotopic (exact) mass is 380 g/mol. The Morgan fingerprint density at radius 2 is 1.96 bits per heavy atom. The van der Waals surface area contributed by atoms with Gasteiger partial charge in [-0.05, 0) is 24.5 Å². The van der Waals surface area contributed by atoms with Gasteiger partial charge in [0.15, 0.2) is 5.69 Å². The number of non-ortho nitro benzene ring substituents is 1. The number of nitro benzene ring substituents is 1. The molecule has 1 amide bonds. The minimum atomic E-state index is -0.720. The Morgan fingerprint density at radius 3 is 2.68 bits per heavy atom. The van der Waals surface area contributed by atoms with Crippen LogP contribution in [0, 0.1) is 16.0 Å². The Balaban J connectivity index is 1.95. The Kier molecular flexibility index (Phi) is 5.49. The maximum Gasteiger partial charge on any atom is 0.295 e. The molecule has 3 aromatic rings. The molecule has 0 aliphatic heterocycles. The second-order valence-corrected chi connectivity index (χ2v) is 6.84. The Bertz CT molecular complexity index is 1070. The summed E-state index contributed by atoms with van der Waals surface area (Å²) >= 11 is 0. The average molecular weight is 380 g/mol. The van der Waals surface area contributed by atoms with Crippen molar-refractivity contribution in [3.63, 3.8) is 0 Å². The molecule has 144 valence electrons. The second-order valence-electron chi connectivity index (χ2n) is 6.84. The minimum Gasteiger partial charge on any atom is -0.493 e. The number of para-hydroxylation sites is 1. The third kappa shape index (κ3) is 3.90. The quantitative estimate of drug-likeness (QED) is 0.359. The van der Waals surface area contributed by atoms with Gasteiger partial charge in [-0.25, -0.2) is 0 Å². The van der Waals surface area contributed by atoms with E-state index in [9.17, 15) is 20.0 Å². The first-order valence-corrected chi connectivity index (χ1v) is 8.89. The topological polar surface area (TPSA) is 110 Å². The number of carbonyl (C=O) groups excluding carboxylic acids is 1. The molecule has 0 aliphatic rings. The van der Waals surface area contributed by atoms with Crippen LogP contribution in [0.5, 0.6) is 5.88 Å². The van der Waals surface area contributed by atoms with Gasteiger partial charge in [0.05, 0.1) is 16.0 Å². The minimum absolute atomic E-state index is 0.0565. The number of hydrogen-bond donors (Lipinski definition) is 1. The van der Waals surface area contributed by atoms with Crippen molar-refractivity contribution in [3.05, 3.63) is 64.2 Å². The molecule has 2 aromatic carbocycles. The Labute approximate surface area is 161 Å². The van der Waals surface area contributed by atoms with E-state index >= 15 is 0 Å². The zero-order valence-electron chi connectivity index (χ0n) is 15.6. The lowest BCUT2D eigenvalue weighted by Crippen LogP contribution is -2.00. The van der Waals surface area contributed by atoms with Crippen LogP contribution in [0.3, 0.4) is 0 Å². The third-order valence-electron chi connectivity index (χ3n) is 4.39. The van der Waals surface area contributed by atoms with Crippen molar-refractivity contribution < 1.29 is 14.8 Å². The van der Waals surface area contributed by atoms with E-state index in [1.807, 2.05) is 18.2 Å². The summed E-state index contributed by atoms with van der Waals surface area (Å²) in [7, 11) is 0. The van der Waals surface area contributed by atoms with E-state index in [2.05, 4.69) is 24.1 Å². The van der Waals surface area contributed by atoms with Crippen LogP contribution < -0.4 is 0 Å². The molecule has 1 aromatic heterocycles. The van der Waals surface area contributed by atoms with Crippen LogP contribution in [0.1, 0.15) is 30.6 Å². The number of aromatic nitrogens is 1. The number of hydrogen-bond acceptors (Lipinski definition) is 5. The predicted molar refractivity (Wildman–Crippen MR) is 105 cm³/mol. The fraction of sp³-hybridized carbons (Fsp3) is 0.250. The molecular weight excluding hydrogens is 360 g/mol. The summed E-state index contributed by atoms with van der Waals surface area (Å²) in [4.78, 5) is 22.6. The zero-order valence-corrected chi connectivity index (χ0v) is 15.6. The fourth-order valence-corrected chi connectivity index (χ4v) is 2.89. The molecule has 0 aliphatic carbocycles. The van der Waals surface area contributed by atoms with Gasteiger partial charge in [-0.3, -0.25) is 14.9 Å². The van der Waals surface area contributed by atoms with Gasteiger partial charge < -0.3 is 9.67 Å². The highest BCUT2D eigenvalue weighted by atomic mass is 16.6. The number of benzene rings is 2. The number of amides is 1. The molecule has 8 heteroatoms. The van der Waals surface area contributed by atoms with Gasteiger partial charge in [0.2, 0.25) is 5.88 Å². The van der Waals surface area contributed by atoms with E-state index in [1.54, 1.807) is 10.6 Å².